The number of hydrogen-bond acceptors (Lipinski definition) is 5. The van der Waals surface area contributed by atoms with E-state index in [2.05, 4.69) is 5.32 Å². The minimum absolute atomic E-state index is 0.0269. The fourth-order valence-corrected chi connectivity index (χ4v) is 3.82. The Morgan fingerprint density at radius 3 is 2.66 bits per heavy atom. The molecule has 3 amide bonds. The lowest BCUT2D eigenvalue weighted by atomic mass is 10.0. The number of fused-ring (bicyclic) bond motifs is 1. The van der Waals surface area contributed by atoms with E-state index in [1.54, 1.807) is 18.2 Å². The van der Waals surface area contributed by atoms with Crippen LogP contribution < -0.4 is 11.1 Å². The van der Waals surface area contributed by atoms with Gasteiger partial charge in [-0.1, -0.05) is 12.1 Å². The lowest BCUT2D eigenvalue weighted by Crippen LogP contribution is -2.52. The number of carbonyl (C=O) groups is 3. The van der Waals surface area contributed by atoms with Gasteiger partial charge in [0, 0.05) is 31.6 Å². The van der Waals surface area contributed by atoms with Gasteiger partial charge >= 0.3 is 6.18 Å². The van der Waals surface area contributed by atoms with Crippen molar-refractivity contribution < 1.29 is 27.6 Å². The van der Waals surface area contributed by atoms with Gasteiger partial charge in [-0.2, -0.15) is 13.2 Å². The van der Waals surface area contributed by atoms with Gasteiger partial charge in [-0.25, -0.2) is 0 Å². The van der Waals surface area contributed by atoms with E-state index in [1.165, 1.54) is 9.80 Å². The molecule has 1 saturated heterocycles. The molecule has 1 atom stereocenters. The number of nitrogens with zero attached hydrogens (tertiary/aromatic N) is 2. The summed E-state index contributed by atoms with van der Waals surface area (Å²) in [6.07, 6.45) is -3.55. The molecule has 2 heterocycles. The first-order valence-corrected chi connectivity index (χ1v) is 9.44. The summed E-state index contributed by atoms with van der Waals surface area (Å²) in [6, 6.07) is 4.19. The molecule has 158 valence electrons. The Labute approximate surface area is 166 Å². The summed E-state index contributed by atoms with van der Waals surface area (Å²) in [5.74, 6) is -1.25. The lowest BCUT2D eigenvalue weighted by molar-refractivity contribution is -0.147. The third-order valence-corrected chi connectivity index (χ3v) is 5.15. The maximum atomic E-state index is 12.9. The first-order chi connectivity index (χ1) is 13.7. The van der Waals surface area contributed by atoms with E-state index in [0.717, 1.165) is 0 Å². The Bertz CT molecular complexity index is 812. The average molecular weight is 412 g/mol. The quantitative estimate of drug-likeness (QED) is 0.656. The summed E-state index contributed by atoms with van der Waals surface area (Å²) in [7, 11) is 0. The van der Waals surface area contributed by atoms with Crippen molar-refractivity contribution in [1.82, 2.24) is 15.1 Å². The molecule has 0 bridgehead atoms. The summed E-state index contributed by atoms with van der Waals surface area (Å²) in [4.78, 5) is 39.0. The van der Waals surface area contributed by atoms with Gasteiger partial charge < -0.3 is 10.6 Å². The number of amides is 3. The number of rotatable bonds is 7. The molecule has 7 nitrogen and oxygen atoms in total. The van der Waals surface area contributed by atoms with Crippen molar-refractivity contribution in [3.05, 3.63) is 34.9 Å². The Morgan fingerprint density at radius 1 is 1.24 bits per heavy atom. The first kappa shape index (κ1) is 21.3. The maximum Gasteiger partial charge on any atom is 0.401 e. The Morgan fingerprint density at radius 2 is 2.00 bits per heavy atom. The summed E-state index contributed by atoms with van der Waals surface area (Å²) in [6.45, 7) is -0.443. The molecule has 2 aliphatic heterocycles. The van der Waals surface area contributed by atoms with E-state index < -0.39 is 24.7 Å². The zero-order valence-electron chi connectivity index (χ0n) is 15.8. The second-order valence-corrected chi connectivity index (χ2v) is 7.31. The number of nitrogens with one attached hydrogen (secondary N) is 1. The SMILES string of the molecule is NCCCN(Cc1cccc2c1CN(C1CCC(=O)NC1=O)C2=O)CC(F)(F)F. The molecule has 2 aliphatic rings. The molecule has 0 spiro atoms. The van der Waals surface area contributed by atoms with Crippen molar-refractivity contribution >= 4 is 17.7 Å². The van der Waals surface area contributed by atoms with Crippen LogP contribution in [0.3, 0.4) is 0 Å². The molecule has 0 aromatic heterocycles. The molecular weight excluding hydrogens is 389 g/mol. The number of piperidine rings is 1. The third-order valence-electron chi connectivity index (χ3n) is 5.15. The monoisotopic (exact) mass is 412 g/mol. The Balaban J connectivity index is 1.80. The van der Waals surface area contributed by atoms with E-state index in [-0.39, 0.29) is 50.8 Å². The molecule has 0 saturated carbocycles. The number of imide groups is 1. The van der Waals surface area contributed by atoms with Crippen LogP contribution in [0.2, 0.25) is 0 Å². The predicted octanol–water partition coefficient (Wildman–Crippen LogP) is 1.16. The van der Waals surface area contributed by atoms with Crippen LogP contribution in [-0.4, -0.2) is 59.4 Å². The van der Waals surface area contributed by atoms with Crippen LogP contribution in [0.4, 0.5) is 13.2 Å². The Hall–Kier alpha value is -2.46. The lowest BCUT2D eigenvalue weighted by Gasteiger charge is -2.29. The van der Waals surface area contributed by atoms with E-state index in [1.807, 2.05) is 0 Å². The highest BCUT2D eigenvalue weighted by Gasteiger charge is 2.40. The topological polar surface area (TPSA) is 95.7 Å². The van der Waals surface area contributed by atoms with Crippen LogP contribution in [0.5, 0.6) is 0 Å². The van der Waals surface area contributed by atoms with Gasteiger partial charge in [-0.3, -0.25) is 24.6 Å². The van der Waals surface area contributed by atoms with Crippen molar-refractivity contribution in [2.24, 2.45) is 5.73 Å². The normalized spacial score (nSPS) is 19.7. The van der Waals surface area contributed by atoms with Gasteiger partial charge in [0.2, 0.25) is 11.8 Å². The van der Waals surface area contributed by atoms with E-state index in [0.29, 0.717) is 23.1 Å². The second kappa shape index (κ2) is 8.50. The molecule has 10 heteroatoms. The molecule has 3 rings (SSSR count). The fraction of sp³-hybridized carbons (Fsp3) is 0.526. The van der Waals surface area contributed by atoms with E-state index >= 15 is 0 Å². The van der Waals surface area contributed by atoms with Crippen LogP contribution in [0.15, 0.2) is 18.2 Å². The Kier molecular flexibility index (Phi) is 6.23. The largest absolute Gasteiger partial charge is 0.401 e. The molecule has 0 radical (unpaired) electrons. The third kappa shape index (κ3) is 4.94. The maximum absolute atomic E-state index is 12.9. The summed E-state index contributed by atoms with van der Waals surface area (Å²) in [5, 5.41) is 2.23. The van der Waals surface area contributed by atoms with Gasteiger partial charge in [0.1, 0.15) is 6.04 Å². The van der Waals surface area contributed by atoms with Crippen molar-refractivity contribution in [2.45, 2.75) is 44.6 Å². The van der Waals surface area contributed by atoms with Gasteiger partial charge in [-0.15, -0.1) is 0 Å². The van der Waals surface area contributed by atoms with Crippen molar-refractivity contribution in [3.63, 3.8) is 0 Å². The van der Waals surface area contributed by atoms with Crippen LogP contribution in [0.1, 0.15) is 40.7 Å². The minimum atomic E-state index is -4.35. The molecule has 1 fully saturated rings. The average Bonchev–Trinajstić information content (AvgIpc) is 2.96. The predicted molar refractivity (Wildman–Crippen MR) is 97.5 cm³/mol. The van der Waals surface area contributed by atoms with Gasteiger partial charge in [0.05, 0.1) is 6.54 Å². The van der Waals surface area contributed by atoms with Crippen LogP contribution >= 0.6 is 0 Å². The molecule has 1 unspecified atom stereocenters. The molecule has 1 aromatic carbocycles. The summed E-state index contributed by atoms with van der Waals surface area (Å²) in [5.41, 5.74) is 7.08. The first-order valence-electron chi connectivity index (χ1n) is 9.44. The van der Waals surface area contributed by atoms with E-state index in [4.69, 9.17) is 5.73 Å². The number of halogens is 3. The van der Waals surface area contributed by atoms with Crippen LogP contribution in [-0.2, 0) is 22.7 Å². The molecular formula is C19H23F3N4O3. The fourth-order valence-electron chi connectivity index (χ4n) is 3.82. The summed E-state index contributed by atoms with van der Waals surface area (Å²) < 4.78 is 38.8. The van der Waals surface area contributed by atoms with Crippen LogP contribution in [0.25, 0.3) is 0 Å². The molecule has 1 aromatic rings. The molecule has 0 aliphatic carbocycles. The number of nitrogens with two attached hydrogens (primary N) is 1. The van der Waals surface area contributed by atoms with Crippen molar-refractivity contribution in [2.75, 3.05) is 19.6 Å². The van der Waals surface area contributed by atoms with E-state index in [9.17, 15) is 27.6 Å². The standard InChI is InChI=1S/C19H23F3N4O3/c20-19(21,22)11-25(8-2-7-23)9-12-3-1-4-13-14(12)10-26(18(13)29)15-5-6-16(27)24-17(15)28/h1,3-4,15H,2,5-11,23H2,(H,24,27,28). The zero-order chi connectivity index (χ0) is 21.2. The molecule has 29 heavy (non-hydrogen) atoms. The minimum Gasteiger partial charge on any atom is -0.330 e. The number of hydrogen-bond donors (Lipinski definition) is 2. The number of alkyl halides is 3. The smallest absolute Gasteiger partial charge is 0.330 e. The van der Waals surface area contributed by atoms with Crippen molar-refractivity contribution in [1.29, 1.82) is 0 Å². The zero-order valence-corrected chi connectivity index (χ0v) is 15.8. The van der Waals surface area contributed by atoms with Gasteiger partial charge in [0.15, 0.2) is 0 Å². The highest BCUT2D eigenvalue weighted by molar-refractivity contribution is 6.05. The summed E-state index contributed by atoms with van der Waals surface area (Å²) >= 11 is 0. The molecule has 3 N–H and O–H groups in total. The van der Waals surface area contributed by atoms with Gasteiger partial charge in [0.25, 0.3) is 5.91 Å². The number of benzene rings is 1. The highest BCUT2D eigenvalue weighted by Crippen LogP contribution is 2.31. The highest BCUT2D eigenvalue weighted by atomic mass is 19.4. The second-order valence-electron chi connectivity index (χ2n) is 7.31. The van der Waals surface area contributed by atoms with Crippen LogP contribution in [0, 0.1) is 0 Å². The van der Waals surface area contributed by atoms with Crippen molar-refractivity contribution in [3.8, 4) is 0 Å². The van der Waals surface area contributed by atoms with Gasteiger partial charge in [-0.05, 0) is 36.6 Å². The number of carbonyl (C=O) groups excluding carboxylic acids is 3.